The number of hydrogen-bond acceptors (Lipinski definition) is 3. The number of ether oxygens (including phenoxy) is 1. The molecule has 0 aliphatic rings. The first kappa shape index (κ1) is 13.5. The fourth-order valence-corrected chi connectivity index (χ4v) is 1.69. The van der Waals surface area contributed by atoms with Gasteiger partial charge in [0.05, 0.1) is 7.11 Å². The summed E-state index contributed by atoms with van der Waals surface area (Å²) in [5.41, 5.74) is 7.14. The maximum absolute atomic E-state index is 12.2. The van der Waals surface area contributed by atoms with E-state index in [2.05, 4.69) is 0 Å². The molecule has 0 saturated carbocycles. The first-order valence-electron chi connectivity index (χ1n) is 5.78. The number of rotatable bonds is 5. The Morgan fingerprint density at radius 3 is 2.71 bits per heavy atom. The molecule has 0 atom stereocenters. The lowest BCUT2D eigenvalue weighted by Crippen LogP contribution is -2.35. The van der Waals surface area contributed by atoms with E-state index in [0.717, 1.165) is 11.3 Å². The lowest BCUT2D eigenvalue weighted by molar-refractivity contribution is 0.0768. The predicted octanol–water partition coefficient (Wildman–Crippen LogP) is 1.42. The minimum absolute atomic E-state index is 0.00347. The molecular formula is C13H20N2O2. The smallest absolute Gasteiger partial charge is 0.254 e. The zero-order chi connectivity index (χ0) is 12.8. The number of carbonyl (C=O) groups excluding carboxylic acids is 1. The lowest BCUT2D eigenvalue weighted by Gasteiger charge is -2.20. The van der Waals surface area contributed by atoms with Crippen LogP contribution < -0.4 is 10.5 Å². The highest BCUT2D eigenvalue weighted by atomic mass is 16.5. The summed E-state index contributed by atoms with van der Waals surface area (Å²) >= 11 is 0. The number of carbonyl (C=O) groups is 1. The molecule has 0 saturated heterocycles. The monoisotopic (exact) mass is 236 g/mol. The van der Waals surface area contributed by atoms with Crippen LogP contribution in [0.1, 0.15) is 22.8 Å². The molecular weight excluding hydrogens is 216 g/mol. The highest BCUT2D eigenvalue weighted by molar-refractivity contribution is 5.94. The molecule has 0 spiro atoms. The van der Waals surface area contributed by atoms with Crippen molar-refractivity contribution in [2.75, 3.05) is 26.7 Å². The van der Waals surface area contributed by atoms with Gasteiger partial charge < -0.3 is 15.4 Å². The summed E-state index contributed by atoms with van der Waals surface area (Å²) < 4.78 is 5.21. The molecule has 17 heavy (non-hydrogen) atoms. The van der Waals surface area contributed by atoms with E-state index in [0.29, 0.717) is 25.2 Å². The van der Waals surface area contributed by atoms with Gasteiger partial charge in [-0.1, -0.05) is 6.07 Å². The van der Waals surface area contributed by atoms with Crippen molar-refractivity contribution in [1.82, 2.24) is 4.90 Å². The largest absolute Gasteiger partial charge is 0.496 e. The summed E-state index contributed by atoms with van der Waals surface area (Å²) in [5.74, 6) is 0.732. The van der Waals surface area contributed by atoms with Gasteiger partial charge in [-0.25, -0.2) is 0 Å². The SMILES string of the molecule is CCN(CCN)C(=O)c1ccc(C)c(OC)c1. The number of hydrogen-bond donors (Lipinski definition) is 1. The van der Waals surface area contributed by atoms with E-state index in [4.69, 9.17) is 10.5 Å². The number of nitrogens with zero attached hydrogens (tertiary/aromatic N) is 1. The predicted molar refractivity (Wildman–Crippen MR) is 68.4 cm³/mol. The van der Waals surface area contributed by atoms with Crippen LogP contribution in [0.4, 0.5) is 0 Å². The second-order valence-electron chi connectivity index (χ2n) is 3.86. The van der Waals surface area contributed by atoms with Crippen LogP contribution >= 0.6 is 0 Å². The van der Waals surface area contributed by atoms with E-state index in [1.165, 1.54) is 0 Å². The lowest BCUT2D eigenvalue weighted by atomic mass is 10.1. The molecule has 0 unspecified atom stereocenters. The number of amides is 1. The van der Waals surface area contributed by atoms with Gasteiger partial charge in [0.2, 0.25) is 0 Å². The average Bonchev–Trinajstić information content (AvgIpc) is 2.35. The summed E-state index contributed by atoms with van der Waals surface area (Å²) in [5, 5.41) is 0. The topological polar surface area (TPSA) is 55.6 Å². The Balaban J connectivity index is 2.95. The molecule has 0 fully saturated rings. The first-order chi connectivity index (χ1) is 8.13. The van der Waals surface area contributed by atoms with Gasteiger partial charge in [0.25, 0.3) is 5.91 Å². The molecule has 0 bridgehead atoms. The Morgan fingerprint density at radius 1 is 1.47 bits per heavy atom. The molecule has 94 valence electrons. The van der Waals surface area contributed by atoms with E-state index < -0.39 is 0 Å². The molecule has 2 N–H and O–H groups in total. The third-order valence-corrected chi connectivity index (χ3v) is 2.72. The van der Waals surface area contributed by atoms with E-state index in [-0.39, 0.29) is 5.91 Å². The third kappa shape index (κ3) is 3.20. The fraction of sp³-hybridized carbons (Fsp3) is 0.462. The van der Waals surface area contributed by atoms with Crippen LogP contribution in [0.25, 0.3) is 0 Å². The molecule has 1 aromatic carbocycles. The number of methoxy groups -OCH3 is 1. The highest BCUT2D eigenvalue weighted by Crippen LogP contribution is 2.19. The summed E-state index contributed by atoms with van der Waals surface area (Å²) in [6, 6.07) is 5.48. The van der Waals surface area contributed by atoms with Crippen molar-refractivity contribution in [2.24, 2.45) is 5.73 Å². The second kappa shape index (κ2) is 6.25. The minimum atomic E-state index is -0.00347. The molecule has 0 heterocycles. The molecule has 1 amide bonds. The van der Waals surface area contributed by atoms with Crippen molar-refractivity contribution in [3.05, 3.63) is 29.3 Å². The Labute approximate surface area is 102 Å². The van der Waals surface area contributed by atoms with Crippen molar-refractivity contribution in [3.63, 3.8) is 0 Å². The molecule has 1 rings (SSSR count). The highest BCUT2D eigenvalue weighted by Gasteiger charge is 2.14. The standard InChI is InChI=1S/C13H20N2O2/c1-4-15(8-7-14)13(16)11-6-5-10(2)12(9-11)17-3/h5-6,9H,4,7-8,14H2,1-3H3. The number of benzene rings is 1. The molecule has 4 nitrogen and oxygen atoms in total. The summed E-state index contributed by atoms with van der Waals surface area (Å²) in [6.45, 7) is 5.60. The van der Waals surface area contributed by atoms with Crippen molar-refractivity contribution in [3.8, 4) is 5.75 Å². The maximum atomic E-state index is 12.2. The van der Waals surface area contributed by atoms with Gasteiger partial charge >= 0.3 is 0 Å². The van der Waals surface area contributed by atoms with Crippen molar-refractivity contribution < 1.29 is 9.53 Å². The van der Waals surface area contributed by atoms with Crippen LogP contribution in [0.5, 0.6) is 5.75 Å². The quantitative estimate of drug-likeness (QED) is 0.841. The zero-order valence-electron chi connectivity index (χ0n) is 10.7. The van der Waals surface area contributed by atoms with E-state index in [1.807, 2.05) is 26.0 Å². The fourth-order valence-electron chi connectivity index (χ4n) is 1.69. The van der Waals surface area contributed by atoms with Gasteiger partial charge in [-0.15, -0.1) is 0 Å². The first-order valence-corrected chi connectivity index (χ1v) is 5.78. The molecule has 0 aliphatic carbocycles. The zero-order valence-corrected chi connectivity index (χ0v) is 10.7. The molecule has 4 heteroatoms. The Kier molecular flexibility index (Phi) is 4.97. The van der Waals surface area contributed by atoms with E-state index in [9.17, 15) is 4.79 Å². The van der Waals surface area contributed by atoms with Crippen LogP contribution in [0.3, 0.4) is 0 Å². The summed E-state index contributed by atoms with van der Waals surface area (Å²) in [4.78, 5) is 13.9. The summed E-state index contributed by atoms with van der Waals surface area (Å²) in [6.07, 6.45) is 0. The average molecular weight is 236 g/mol. The molecule has 0 radical (unpaired) electrons. The van der Waals surface area contributed by atoms with Gasteiger partial charge in [0, 0.05) is 25.2 Å². The summed E-state index contributed by atoms with van der Waals surface area (Å²) in [7, 11) is 1.61. The van der Waals surface area contributed by atoms with Crippen LogP contribution in [0.15, 0.2) is 18.2 Å². The van der Waals surface area contributed by atoms with Crippen LogP contribution in [0.2, 0.25) is 0 Å². The number of nitrogens with two attached hydrogens (primary N) is 1. The van der Waals surface area contributed by atoms with Crippen molar-refractivity contribution in [2.45, 2.75) is 13.8 Å². The Hall–Kier alpha value is -1.55. The van der Waals surface area contributed by atoms with E-state index >= 15 is 0 Å². The number of aryl methyl sites for hydroxylation is 1. The Morgan fingerprint density at radius 2 is 2.18 bits per heavy atom. The van der Waals surface area contributed by atoms with Crippen LogP contribution in [0, 0.1) is 6.92 Å². The van der Waals surface area contributed by atoms with Crippen molar-refractivity contribution >= 4 is 5.91 Å². The van der Waals surface area contributed by atoms with Gasteiger partial charge in [-0.2, -0.15) is 0 Å². The van der Waals surface area contributed by atoms with Crippen molar-refractivity contribution in [1.29, 1.82) is 0 Å². The minimum Gasteiger partial charge on any atom is -0.496 e. The number of likely N-dealkylation sites (N-methyl/N-ethyl adjacent to an activating group) is 1. The van der Waals surface area contributed by atoms with Gasteiger partial charge in [-0.05, 0) is 31.5 Å². The molecule has 0 aliphatic heterocycles. The second-order valence-corrected chi connectivity index (χ2v) is 3.86. The van der Waals surface area contributed by atoms with Crippen LogP contribution in [-0.2, 0) is 0 Å². The molecule has 0 aromatic heterocycles. The maximum Gasteiger partial charge on any atom is 0.254 e. The Bertz CT molecular complexity index is 391. The normalized spacial score (nSPS) is 10.1. The van der Waals surface area contributed by atoms with Crippen LogP contribution in [-0.4, -0.2) is 37.6 Å². The molecule has 1 aromatic rings. The van der Waals surface area contributed by atoms with E-state index in [1.54, 1.807) is 18.1 Å². The third-order valence-electron chi connectivity index (χ3n) is 2.72. The van der Waals surface area contributed by atoms with Gasteiger partial charge in [-0.3, -0.25) is 4.79 Å². The van der Waals surface area contributed by atoms with Gasteiger partial charge in [0.1, 0.15) is 5.75 Å². The van der Waals surface area contributed by atoms with Gasteiger partial charge in [0.15, 0.2) is 0 Å².